The van der Waals surface area contributed by atoms with E-state index in [1.807, 2.05) is 33.2 Å². The van der Waals surface area contributed by atoms with Crippen molar-refractivity contribution in [3.05, 3.63) is 41.6 Å². The van der Waals surface area contributed by atoms with Gasteiger partial charge in [-0.15, -0.1) is 0 Å². The molecule has 0 amide bonds. The zero-order valence-electron chi connectivity index (χ0n) is 13.6. The molecule has 1 saturated heterocycles. The largest absolute Gasteiger partial charge is 0.468 e. The van der Waals surface area contributed by atoms with Crippen molar-refractivity contribution < 1.29 is 12.8 Å². The highest BCUT2D eigenvalue weighted by Crippen LogP contribution is 2.34. The molecule has 0 bridgehead atoms. The van der Waals surface area contributed by atoms with E-state index in [1.165, 1.54) is 4.31 Å². The Labute approximate surface area is 136 Å². The van der Waals surface area contributed by atoms with Gasteiger partial charge < -0.3 is 4.42 Å². The Hall–Kier alpha value is -1.64. The highest BCUT2D eigenvalue weighted by molar-refractivity contribution is 7.87. The summed E-state index contributed by atoms with van der Waals surface area (Å²) in [6, 6.07) is 3.04. The van der Waals surface area contributed by atoms with Gasteiger partial charge in [-0.05, 0) is 38.8 Å². The van der Waals surface area contributed by atoms with Crippen molar-refractivity contribution in [1.29, 1.82) is 0 Å². The van der Waals surface area contributed by atoms with Crippen LogP contribution in [0.15, 0.2) is 29.0 Å². The Balaban J connectivity index is 1.79. The summed E-state index contributed by atoms with van der Waals surface area (Å²) in [5.74, 6) is 0.693. The van der Waals surface area contributed by atoms with Gasteiger partial charge in [-0.25, -0.2) is 0 Å². The molecule has 2 aromatic rings. The van der Waals surface area contributed by atoms with Gasteiger partial charge in [0.2, 0.25) is 0 Å². The molecular formula is C15H22N4O3S. The summed E-state index contributed by atoms with van der Waals surface area (Å²) < 4.78 is 36.9. The summed E-state index contributed by atoms with van der Waals surface area (Å²) in [6.07, 6.45) is 5.02. The van der Waals surface area contributed by atoms with E-state index in [9.17, 15) is 8.42 Å². The van der Waals surface area contributed by atoms with Gasteiger partial charge in [0, 0.05) is 31.4 Å². The third-order valence-electron chi connectivity index (χ3n) is 4.23. The summed E-state index contributed by atoms with van der Waals surface area (Å²) in [7, 11) is -1.78. The van der Waals surface area contributed by atoms with Crippen LogP contribution in [0.25, 0.3) is 0 Å². The molecule has 0 spiro atoms. The fourth-order valence-electron chi connectivity index (χ4n) is 3.19. The van der Waals surface area contributed by atoms with Crippen LogP contribution in [-0.4, -0.2) is 29.0 Å². The standard InChI is InChI=1S/C15H22N4O3S/c1-11-13(10-18(3)16-11)12(2)17-23(20,21)19-8-4-6-14(19)15-7-5-9-22-15/h5,7,9-10,12,14,17H,4,6,8H2,1-3H3/t12-,14-/m1/s1. The average molecular weight is 338 g/mol. The summed E-state index contributed by atoms with van der Waals surface area (Å²) >= 11 is 0. The first kappa shape index (κ1) is 16.2. The number of hydrogen-bond donors (Lipinski definition) is 1. The minimum Gasteiger partial charge on any atom is -0.468 e. The lowest BCUT2D eigenvalue weighted by atomic mass is 10.1. The molecule has 1 N–H and O–H groups in total. The van der Waals surface area contributed by atoms with Crippen molar-refractivity contribution in [3.63, 3.8) is 0 Å². The first-order valence-corrected chi connectivity index (χ1v) is 9.15. The zero-order valence-corrected chi connectivity index (χ0v) is 14.4. The minimum absolute atomic E-state index is 0.232. The monoisotopic (exact) mass is 338 g/mol. The Morgan fingerprint density at radius 3 is 2.87 bits per heavy atom. The zero-order chi connectivity index (χ0) is 16.6. The van der Waals surface area contributed by atoms with Crippen LogP contribution in [-0.2, 0) is 17.3 Å². The SMILES string of the molecule is Cc1nn(C)cc1[C@@H](C)NS(=O)(=O)N1CCC[C@@H]1c1ccco1. The van der Waals surface area contributed by atoms with Crippen LogP contribution < -0.4 is 4.72 Å². The van der Waals surface area contributed by atoms with E-state index < -0.39 is 10.2 Å². The van der Waals surface area contributed by atoms with Crippen LogP contribution in [0.4, 0.5) is 0 Å². The molecule has 0 aliphatic carbocycles. The van der Waals surface area contributed by atoms with Crippen molar-refractivity contribution in [1.82, 2.24) is 18.8 Å². The molecule has 2 aromatic heterocycles. The number of furan rings is 1. The lowest BCUT2D eigenvalue weighted by Crippen LogP contribution is -2.41. The van der Waals surface area contributed by atoms with E-state index in [4.69, 9.17) is 4.42 Å². The first-order valence-electron chi connectivity index (χ1n) is 7.71. The fourth-order valence-corrected chi connectivity index (χ4v) is 4.81. The molecule has 23 heavy (non-hydrogen) atoms. The lowest BCUT2D eigenvalue weighted by Gasteiger charge is -2.25. The van der Waals surface area contributed by atoms with E-state index in [0.29, 0.717) is 12.3 Å². The Bertz CT molecular complexity index is 767. The maximum atomic E-state index is 12.8. The van der Waals surface area contributed by atoms with Gasteiger partial charge in [-0.2, -0.15) is 22.5 Å². The Morgan fingerprint density at radius 2 is 2.26 bits per heavy atom. The molecule has 0 unspecified atom stereocenters. The first-order chi connectivity index (χ1) is 10.9. The lowest BCUT2D eigenvalue weighted by molar-refractivity contribution is 0.333. The number of nitrogens with one attached hydrogen (secondary N) is 1. The van der Waals surface area contributed by atoms with Gasteiger partial charge in [0.1, 0.15) is 5.76 Å². The van der Waals surface area contributed by atoms with E-state index in [1.54, 1.807) is 17.0 Å². The van der Waals surface area contributed by atoms with Gasteiger partial charge in [-0.1, -0.05) is 0 Å². The van der Waals surface area contributed by atoms with Crippen molar-refractivity contribution in [3.8, 4) is 0 Å². The van der Waals surface area contributed by atoms with Crippen LogP contribution in [0.3, 0.4) is 0 Å². The number of nitrogens with zero attached hydrogens (tertiary/aromatic N) is 3. The van der Waals surface area contributed by atoms with E-state index in [2.05, 4.69) is 9.82 Å². The summed E-state index contributed by atoms with van der Waals surface area (Å²) in [4.78, 5) is 0. The molecule has 8 heteroatoms. The molecule has 0 saturated carbocycles. The highest BCUT2D eigenvalue weighted by atomic mass is 32.2. The van der Waals surface area contributed by atoms with Crippen molar-refractivity contribution in [2.75, 3.05) is 6.54 Å². The average Bonchev–Trinajstić information content (AvgIpc) is 3.16. The molecule has 0 radical (unpaired) electrons. The van der Waals surface area contributed by atoms with Gasteiger partial charge in [-0.3, -0.25) is 4.68 Å². The minimum atomic E-state index is -3.60. The summed E-state index contributed by atoms with van der Waals surface area (Å²) in [5.41, 5.74) is 1.71. The van der Waals surface area contributed by atoms with Crippen LogP contribution >= 0.6 is 0 Å². The number of hydrogen-bond acceptors (Lipinski definition) is 4. The molecule has 3 rings (SSSR count). The predicted molar refractivity (Wildman–Crippen MR) is 85.8 cm³/mol. The fraction of sp³-hybridized carbons (Fsp3) is 0.533. The van der Waals surface area contributed by atoms with Crippen molar-refractivity contribution in [2.45, 2.75) is 38.8 Å². The molecule has 1 aliphatic rings. The maximum Gasteiger partial charge on any atom is 0.280 e. The second-order valence-electron chi connectivity index (χ2n) is 5.97. The predicted octanol–water partition coefficient (Wildman–Crippen LogP) is 2.05. The van der Waals surface area contributed by atoms with E-state index in [0.717, 1.165) is 24.1 Å². The van der Waals surface area contributed by atoms with Crippen molar-refractivity contribution in [2.24, 2.45) is 7.05 Å². The summed E-state index contributed by atoms with van der Waals surface area (Å²) in [6.45, 7) is 4.21. The van der Waals surface area contributed by atoms with Crippen LogP contribution in [0.2, 0.25) is 0 Å². The number of aryl methyl sites for hydroxylation is 2. The second-order valence-corrected chi connectivity index (χ2v) is 7.63. The smallest absolute Gasteiger partial charge is 0.280 e. The quantitative estimate of drug-likeness (QED) is 0.905. The molecule has 0 aromatic carbocycles. The van der Waals surface area contributed by atoms with Gasteiger partial charge >= 0.3 is 0 Å². The van der Waals surface area contributed by atoms with Gasteiger partial charge in [0.25, 0.3) is 10.2 Å². The molecule has 7 nitrogen and oxygen atoms in total. The third-order valence-corrected chi connectivity index (χ3v) is 5.93. The highest BCUT2D eigenvalue weighted by Gasteiger charge is 2.37. The molecule has 1 fully saturated rings. The third kappa shape index (κ3) is 3.19. The number of rotatable bonds is 5. The Kier molecular flexibility index (Phi) is 4.31. The molecule has 126 valence electrons. The van der Waals surface area contributed by atoms with Crippen LogP contribution in [0, 0.1) is 6.92 Å². The maximum absolute atomic E-state index is 12.8. The normalized spacial score (nSPS) is 20.9. The molecule has 2 atom stereocenters. The topological polar surface area (TPSA) is 80.4 Å². The second kappa shape index (κ2) is 6.10. The Morgan fingerprint density at radius 1 is 1.48 bits per heavy atom. The van der Waals surface area contributed by atoms with Gasteiger partial charge in [0.05, 0.1) is 18.0 Å². The molecule has 1 aliphatic heterocycles. The van der Waals surface area contributed by atoms with Crippen LogP contribution in [0.1, 0.15) is 48.9 Å². The van der Waals surface area contributed by atoms with E-state index >= 15 is 0 Å². The molecule has 3 heterocycles. The van der Waals surface area contributed by atoms with Crippen molar-refractivity contribution >= 4 is 10.2 Å². The van der Waals surface area contributed by atoms with Crippen LogP contribution in [0.5, 0.6) is 0 Å². The van der Waals surface area contributed by atoms with Gasteiger partial charge in [0.15, 0.2) is 0 Å². The summed E-state index contributed by atoms with van der Waals surface area (Å²) in [5, 5.41) is 4.27. The van der Waals surface area contributed by atoms with E-state index in [-0.39, 0.29) is 12.1 Å². The molecular weight excluding hydrogens is 316 g/mol. The number of aromatic nitrogens is 2.